The van der Waals surface area contributed by atoms with E-state index in [2.05, 4.69) is 215 Å². The highest BCUT2D eigenvalue weighted by Gasteiger charge is 2.25. The average molecular weight is 843 g/mol. The molecule has 0 saturated carbocycles. The lowest BCUT2D eigenvalue weighted by Crippen LogP contribution is -2.02. The molecule has 0 fully saturated rings. The van der Waals surface area contributed by atoms with Crippen LogP contribution in [0.3, 0.4) is 0 Å². The minimum absolute atomic E-state index is 0.596. The standard InChI is InChI=1S/C60H38N6/c1-4-17-39(18-5-1)40-31-33-44(34-32-40)59-62-58(43-22-8-3-9-23-43)63-60(64-59)45-24-16-25-46(37-45)65-53-30-15-12-27-48(53)55-49(41-19-6-2-7-20-41)38-50-47-26-11-14-29-52(47)66(56(50)57(55)65)54-36-35-42-21-10-13-28-51(42)61-54/h1-38H. The van der Waals surface area contributed by atoms with E-state index >= 15 is 0 Å². The number of pyridine rings is 1. The zero-order valence-corrected chi connectivity index (χ0v) is 35.6. The number of para-hydroxylation sites is 3. The van der Waals surface area contributed by atoms with E-state index in [1.165, 1.54) is 10.9 Å². The van der Waals surface area contributed by atoms with Crippen molar-refractivity contribution in [3.63, 3.8) is 0 Å². The van der Waals surface area contributed by atoms with Gasteiger partial charge in [-0.1, -0.05) is 182 Å². The number of benzene rings is 9. The Morgan fingerprint density at radius 3 is 1.56 bits per heavy atom. The second-order valence-electron chi connectivity index (χ2n) is 16.6. The fourth-order valence-electron chi connectivity index (χ4n) is 9.71. The first-order valence-corrected chi connectivity index (χ1v) is 22.2. The fourth-order valence-corrected chi connectivity index (χ4v) is 9.71. The van der Waals surface area contributed by atoms with E-state index in [0.717, 1.165) is 94.0 Å². The molecule has 0 bridgehead atoms. The van der Waals surface area contributed by atoms with Gasteiger partial charge in [0.15, 0.2) is 17.5 Å². The van der Waals surface area contributed by atoms with Gasteiger partial charge < -0.3 is 4.57 Å². The van der Waals surface area contributed by atoms with E-state index in [9.17, 15) is 0 Å². The molecule has 4 heterocycles. The van der Waals surface area contributed by atoms with Gasteiger partial charge in [-0.05, 0) is 70.8 Å². The summed E-state index contributed by atoms with van der Waals surface area (Å²) in [6.45, 7) is 0. The van der Waals surface area contributed by atoms with Crippen molar-refractivity contribution in [1.82, 2.24) is 29.1 Å². The molecule has 0 saturated heterocycles. The van der Waals surface area contributed by atoms with E-state index in [1.807, 2.05) is 24.3 Å². The highest BCUT2D eigenvalue weighted by Crippen LogP contribution is 2.46. The summed E-state index contributed by atoms with van der Waals surface area (Å²) in [4.78, 5) is 20.8. The highest BCUT2D eigenvalue weighted by molar-refractivity contribution is 6.28. The SMILES string of the molecule is c1ccc(-c2ccc(-c3nc(-c4ccccc4)nc(-c4cccc(-n5c6ccccc6c6c(-c7ccccc7)cc7c8ccccc8n(-c8ccc9ccccc9n8)c7c65)c4)n3)cc2)cc1. The van der Waals surface area contributed by atoms with E-state index < -0.39 is 0 Å². The lowest BCUT2D eigenvalue weighted by Gasteiger charge is -2.15. The van der Waals surface area contributed by atoms with Crippen molar-refractivity contribution in [3.05, 3.63) is 231 Å². The van der Waals surface area contributed by atoms with Crippen LogP contribution in [0.15, 0.2) is 231 Å². The van der Waals surface area contributed by atoms with Crippen LogP contribution in [0, 0.1) is 0 Å². The molecule has 0 N–H and O–H groups in total. The summed E-state index contributed by atoms with van der Waals surface area (Å²) in [6, 6.07) is 81.0. The van der Waals surface area contributed by atoms with Crippen LogP contribution in [0.1, 0.15) is 0 Å². The van der Waals surface area contributed by atoms with Gasteiger partial charge in [0.05, 0.1) is 27.6 Å². The topological polar surface area (TPSA) is 61.4 Å². The predicted octanol–water partition coefficient (Wildman–Crippen LogP) is 14.9. The number of fused-ring (bicyclic) bond motifs is 8. The maximum absolute atomic E-state index is 5.33. The Labute approximate surface area is 380 Å². The highest BCUT2D eigenvalue weighted by atomic mass is 15.1. The molecular formula is C60H38N6. The van der Waals surface area contributed by atoms with Gasteiger partial charge in [-0.2, -0.15) is 0 Å². The van der Waals surface area contributed by atoms with Crippen molar-refractivity contribution >= 4 is 54.5 Å². The summed E-state index contributed by atoms with van der Waals surface area (Å²) in [5.74, 6) is 2.69. The van der Waals surface area contributed by atoms with Crippen LogP contribution in [0.2, 0.25) is 0 Å². The lowest BCUT2D eigenvalue weighted by molar-refractivity contribution is 1.07. The van der Waals surface area contributed by atoms with Crippen LogP contribution in [0.5, 0.6) is 0 Å². The predicted molar refractivity (Wildman–Crippen MR) is 271 cm³/mol. The second-order valence-corrected chi connectivity index (χ2v) is 16.6. The molecule has 0 aliphatic heterocycles. The molecule has 13 aromatic rings. The fraction of sp³-hybridized carbons (Fsp3) is 0. The van der Waals surface area contributed by atoms with Crippen molar-refractivity contribution in [2.45, 2.75) is 0 Å². The molecule has 4 aromatic heterocycles. The molecular weight excluding hydrogens is 805 g/mol. The van der Waals surface area contributed by atoms with Crippen LogP contribution in [-0.2, 0) is 0 Å². The third-order valence-corrected chi connectivity index (χ3v) is 12.7. The smallest absolute Gasteiger partial charge is 0.164 e. The first-order valence-electron chi connectivity index (χ1n) is 22.2. The lowest BCUT2D eigenvalue weighted by atomic mass is 9.96. The molecule has 308 valence electrons. The van der Waals surface area contributed by atoms with Gasteiger partial charge in [0.2, 0.25) is 0 Å². The third-order valence-electron chi connectivity index (χ3n) is 12.7. The molecule has 6 nitrogen and oxygen atoms in total. The molecule has 0 aliphatic rings. The molecule has 0 unspecified atom stereocenters. The molecule has 0 atom stereocenters. The van der Waals surface area contributed by atoms with Crippen molar-refractivity contribution in [1.29, 1.82) is 0 Å². The first-order chi connectivity index (χ1) is 32.7. The van der Waals surface area contributed by atoms with Gasteiger partial charge in [-0.3, -0.25) is 4.57 Å². The maximum atomic E-state index is 5.33. The Morgan fingerprint density at radius 1 is 0.303 bits per heavy atom. The van der Waals surface area contributed by atoms with Crippen LogP contribution < -0.4 is 0 Å². The molecule has 0 amide bonds. The van der Waals surface area contributed by atoms with Crippen LogP contribution >= 0.6 is 0 Å². The van der Waals surface area contributed by atoms with Gasteiger partial charge >= 0.3 is 0 Å². The molecule has 9 aromatic carbocycles. The molecule has 0 aliphatic carbocycles. The quantitative estimate of drug-likeness (QED) is 0.160. The second kappa shape index (κ2) is 15.4. The number of aromatic nitrogens is 6. The summed E-state index contributed by atoms with van der Waals surface area (Å²) < 4.78 is 4.79. The average Bonchev–Trinajstić information content (AvgIpc) is 3.92. The van der Waals surface area contributed by atoms with E-state index in [4.69, 9.17) is 19.9 Å². The van der Waals surface area contributed by atoms with Gasteiger partial charge in [-0.15, -0.1) is 0 Å². The van der Waals surface area contributed by atoms with E-state index in [-0.39, 0.29) is 0 Å². The zero-order valence-electron chi connectivity index (χ0n) is 35.6. The van der Waals surface area contributed by atoms with Crippen LogP contribution in [0.4, 0.5) is 0 Å². The maximum Gasteiger partial charge on any atom is 0.164 e. The normalized spacial score (nSPS) is 11.6. The Hall–Kier alpha value is -9.00. The summed E-state index contributed by atoms with van der Waals surface area (Å²) in [6.07, 6.45) is 0. The third kappa shape index (κ3) is 6.19. The minimum atomic E-state index is 0.596. The first kappa shape index (κ1) is 37.5. The van der Waals surface area contributed by atoms with Crippen molar-refractivity contribution in [2.75, 3.05) is 0 Å². The summed E-state index contributed by atoms with van der Waals surface area (Å²) in [5.41, 5.74) is 13.7. The van der Waals surface area contributed by atoms with Crippen LogP contribution in [0.25, 0.3) is 122 Å². The zero-order chi connectivity index (χ0) is 43.6. The number of rotatable bonds is 7. The summed E-state index contributed by atoms with van der Waals surface area (Å²) in [7, 11) is 0. The van der Waals surface area contributed by atoms with E-state index in [0.29, 0.717) is 17.5 Å². The van der Waals surface area contributed by atoms with Gasteiger partial charge in [0, 0.05) is 49.3 Å². The minimum Gasteiger partial charge on any atom is -0.307 e. The monoisotopic (exact) mass is 842 g/mol. The van der Waals surface area contributed by atoms with Crippen molar-refractivity contribution < 1.29 is 0 Å². The molecule has 0 radical (unpaired) electrons. The van der Waals surface area contributed by atoms with Gasteiger partial charge in [0.1, 0.15) is 5.82 Å². The van der Waals surface area contributed by atoms with E-state index in [1.54, 1.807) is 0 Å². The Kier molecular flexibility index (Phi) is 8.74. The number of hydrogen-bond acceptors (Lipinski definition) is 4. The van der Waals surface area contributed by atoms with Crippen molar-refractivity contribution in [3.8, 4) is 67.9 Å². The van der Waals surface area contributed by atoms with Gasteiger partial charge in [0.25, 0.3) is 0 Å². The summed E-state index contributed by atoms with van der Waals surface area (Å²) >= 11 is 0. The van der Waals surface area contributed by atoms with Crippen molar-refractivity contribution in [2.24, 2.45) is 0 Å². The Morgan fingerprint density at radius 2 is 0.833 bits per heavy atom. The van der Waals surface area contributed by atoms with Crippen LogP contribution in [-0.4, -0.2) is 29.1 Å². The molecule has 0 spiro atoms. The molecule has 6 heteroatoms. The summed E-state index contributed by atoms with van der Waals surface area (Å²) in [5, 5.41) is 5.75. The molecule has 66 heavy (non-hydrogen) atoms. The number of hydrogen-bond donors (Lipinski definition) is 0. The van der Waals surface area contributed by atoms with Gasteiger partial charge in [-0.25, -0.2) is 19.9 Å². The Bertz CT molecular complexity index is 3970. The molecule has 13 rings (SSSR count). The Balaban J connectivity index is 1.09. The number of nitrogens with zero attached hydrogens (tertiary/aromatic N) is 6. The largest absolute Gasteiger partial charge is 0.307 e.